The Morgan fingerprint density at radius 3 is 1.60 bits per heavy atom. The van der Waals surface area contributed by atoms with Crippen molar-refractivity contribution < 1.29 is 9.53 Å². The number of carbonyl (C=O) groups excluding carboxylic acids is 1. The first-order valence-electron chi connectivity index (χ1n) is 11.4. The van der Waals surface area contributed by atoms with Gasteiger partial charge in [0.15, 0.2) is 0 Å². The molecular formula is C23H46O2. The summed E-state index contributed by atoms with van der Waals surface area (Å²) in [5.41, 5.74) is 0. The van der Waals surface area contributed by atoms with E-state index >= 15 is 0 Å². The van der Waals surface area contributed by atoms with Crippen LogP contribution in [0.1, 0.15) is 136 Å². The quantitative estimate of drug-likeness (QED) is 0.173. The molecule has 150 valence electrons. The van der Waals surface area contributed by atoms with Crippen LogP contribution in [0.25, 0.3) is 0 Å². The van der Waals surface area contributed by atoms with Crippen LogP contribution in [0.2, 0.25) is 0 Å². The van der Waals surface area contributed by atoms with Gasteiger partial charge in [-0.05, 0) is 25.7 Å². The van der Waals surface area contributed by atoms with Crippen LogP contribution in [-0.2, 0) is 9.53 Å². The van der Waals surface area contributed by atoms with E-state index < -0.39 is 0 Å². The minimum atomic E-state index is 0.0332. The molecule has 0 saturated carbocycles. The second kappa shape index (κ2) is 19.8. The topological polar surface area (TPSA) is 26.3 Å². The molecule has 0 spiro atoms. The standard InChI is InChI=1S/C23H46O2/c1-4-7-9-11-12-13-14-16-17-20-22(19-6-3)25-23(24)21-18-15-10-8-5-2/h22H,4-21H2,1-3H3. The van der Waals surface area contributed by atoms with Crippen LogP contribution in [0.5, 0.6) is 0 Å². The summed E-state index contributed by atoms with van der Waals surface area (Å²) in [5.74, 6) is 0.0332. The average molecular weight is 355 g/mol. The van der Waals surface area contributed by atoms with Gasteiger partial charge in [-0.25, -0.2) is 0 Å². The predicted molar refractivity (Wildman–Crippen MR) is 110 cm³/mol. The highest BCUT2D eigenvalue weighted by Gasteiger charge is 2.13. The summed E-state index contributed by atoms with van der Waals surface area (Å²) in [5, 5.41) is 0. The van der Waals surface area contributed by atoms with Crippen LogP contribution in [0.4, 0.5) is 0 Å². The number of carbonyl (C=O) groups is 1. The third-order valence-corrected chi connectivity index (χ3v) is 5.02. The van der Waals surface area contributed by atoms with Crippen molar-refractivity contribution in [3.05, 3.63) is 0 Å². The Kier molecular flexibility index (Phi) is 19.4. The smallest absolute Gasteiger partial charge is 0.306 e. The average Bonchev–Trinajstić information content (AvgIpc) is 2.60. The van der Waals surface area contributed by atoms with E-state index in [0.29, 0.717) is 6.42 Å². The van der Waals surface area contributed by atoms with Gasteiger partial charge in [0.25, 0.3) is 0 Å². The van der Waals surface area contributed by atoms with E-state index in [9.17, 15) is 4.79 Å². The molecule has 0 aromatic heterocycles. The van der Waals surface area contributed by atoms with Gasteiger partial charge in [0, 0.05) is 6.42 Å². The fraction of sp³-hybridized carbons (Fsp3) is 0.957. The summed E-state index contributed by atoms with van der Waals surface area (Å²) >= 11 is 0. The maximum Gasteiger partial charge on any atom is 0.306 e. The summed E-state index contributed by atoms with van der Waals surface area (Å²) in [6.45, 7) is 6.67. The van der Waals surface area contributed by atoms with Gasteiger partial charge in [-0.3, -0.25) is 4.79 Å². The number of ether oxygens (including phenoxy) is 1. The fourth-order valence-corrected chi connectivity index (χ4v) is 3.38. The van der Waals surface area contributed by atoms with Crippen molar-refractivity contribution in [3.63, 3.8) is 0 Å². The number of unbranched alkanes of at least 4 members (excludes halogenated alkanes) is 12. The van der Waals surface area contributed by atoms with Gasteiger partial charge in [-0.2, -0.15) is 0 Å². The van der Waals surface area contributed by atoms with E-state index in [-0.39, 0.29) is 12.1 Å². The predicted octanol–water partition coefficient (Wildman–Crippen LogP) is 7.98. The molecule has 0 radical (unpaired) electrons. The lowest BCUT2D eigenvalue weighted by Gasteiger charge is -2.17. The van der Waals surface area contributed by atoms with Crippen LogP contribution in [0.3, 0.4) is 0 Å². The molecule has 0 aliphatic rings. The molecule has 0 rings (SSSR count). The van der Waals surface area contributed by atoms with Gasteiger partial charge < -0.3 is 4.74 Å². The Balaban J connectivity index is 3.63. The van der Waals surface area contributed by atoms with Crippen LogP contribution >= 0.6 is 0 Å². The van der Waals surface area contributed by atoms with Crippen LogP contribution in [0, 0.1) is 0 Å². The van der Waals surface area contributed by atoms with E-state index in [1.54, 1.807) is 0 Å². The highest BCUT2D eigenvalue weighted by molar-refractivity contribution is 5.69. The van der Waals surface area contributed by atoms with E-state index in [1.807, 2.05) is 0 Å². The molecule has 0 heterocycles. The molecule has 0 aliphatic heterocycles. The Bertz CT molecular complexity index is 275. The molecule has 0 N–H and O–H groups in total. The zero-order chi connectivity index (χ0) is 18.6. The molecule has 1 unspecified atom stereocenters. The summed E-state index contributed by atoms with van der Waals surface area (Å²) in [7, 11) is 0. The van der Waals surface area contributed by atoms with Gasteiger partial charge in [0.2, 0.25) is 0 Å². The van der Waals surface area contributed by atoms with Gasteiger partial charge in [-0.1, -0.05) is 104 Å². The molecule has 0 aromatic carbocycles. The van der Waals surface area contributed by atoms with Gasteiger partial charge in [-0.15, -0.1) is 0 Å². The Labute approximate surface area is 158 Å². The largest absolute Gasteiger partial charge is 0.462 e. The van der Waals surface area contributed by atoms with E-state index in [4.69, 9.17) is 4.74 Å². The lowest BCUT2D eigenvalue weighted by molar-refractivity contribution is -0.150. The molecule has 0 aromatic rings. The zero-order valence-corrected chi connectivity index (χ0v) is 17.6. The third kappa shape index (κ3) is 18.1. The van der Waals surface area contributed by atoms with Gasteiger partial charge in [0.05, 0.1) is 0 Å². The molecule has 0 saturated heterocycles. The Hall–Kier alpha value is -0.530. The highest BCUT2D eigenvalue weighted by atomic mass is 16.5. The second-order valence-electron chi connectivity index (χ2n) is 7.68. The molecule has 0 aliphatic carbocycles. The minimum absolute atomic E-state index is 0.0332. The first kappa shape index (κ1) is 24.5. The van der Waals surface area contributed by atoms with E-state index in [1.165, 1.54) is 83.5 Å². The van der Waals surface area contributed by atoms with E-state index in [2.05, 4.69) is 20.8 Å². The highest BCUT2D eigenvalue weighted by Crippen LogP contribution is 2.16. The minimum Gasteiger partial charge on any atom is -0.462 e. The van der Waals surface area contributed by atoms with Crippen LogP contribution < -0.4 is 0 Å². The van der Waals surface area contributed by atoms with Crippen molar-refractivity contribution in [2.75, 3.05) is 0 Å². The Morgan fingerprint density at radius 1 is 0.600 bits per heavy atom. The molecule has 0 fully saturated rings. The molecule has 2 nitrogen and oxygen atoms in total. The molecule has 2 heteroatoms. The van der Waals surface area contributed by atoms with Gasteiger partial charge in [0.1, 0.15) is 6.10 Å². The van der Waals surface area contributed by atoms with Crippen molar-refractivity contribution in [1.82, 2.24) is 0 Å². The van der Waals surface area contributed by atoms with Crippen molar-refractivity contribution in [1.29, 1.82) is 0 Å². The fourth-order valence-electron chi connectivity index (χ4n) is 3.38. The Morgan fingerprint density at radius 2 is 1.08 bits per heavy atom. The molecule has 25 heavy (non-hydrogen) atoms. The zero-order valence-electron chi connectivity index (χ0n) is 17.6. The normalized spacial score (nSPS) is 12.3. The van der Waals surface area contributed by atoms with Crippen LogP contribution in [0.15, 0.2) is 0 Å². The summed E-state index contributed by atoms with van der Waals surface area (Å²) in [4.78, 5) is 12.0. The molecule has 1 atom stereocenters. The summed E-state index contributed by atoms with van der Waals surface area (Å²) in [6.07, 6.45) is 22.1. The molecular weight excluding hydrogens is 308 g/mol. The molecule has 0 amide bonds. The van der Waals surface area contributed by atoms with Crippen molar-refractivity contribution in [2.45, 2.75) is 142 Å². The molecule has 0 bridgehead atoms. The summed E-state index contributed by atoms with van der Waals surface area (Å²) < 4.78 is 5.73. The maximum atomic E-state index is 12.0. The number of hydrogen-bond acceptors (Lipinski definition) is 2. The van der Waals surface area contributed by atoms with E-state index in [0.717, 1.165) is 25.7 Å². The van der Waals surface area contributed by atoms with Gasteiger partial charge >= 0.3 is 5.97 Å². The van der Waals surface area contributed by atoms with Crippen LogP contribution in [-0.4, -0.2) is 12.1 Å². The first-order chi connectivity index (χ1) is 12.2. The summed E-state index contributed by atoms with van der Waals surface area (Å²) in [6, 6.07) is 0. The maximum absolute atomic E-state index is 12.0. The SMILES string of the molecule is CCCCCCCCCCCC(CCC)OC(=O)CCCCCCC. The number of hydrogen-bond donors (Lipinski definition) is 0. The van der Waals surface area contributed by atoms with Crippen molar-refractivity contribution >= 4 is 5.97 Å². The van der Waals surface area contributed by atoms with Crippen molar-refractivity contribution in [3.8, 4) is 0 Å². The third-order valence-electron chi connectivity index (χ3n) is 5.02. The number of rotatable bonds is 19. The first-order valence-corrected chi connectivity index (χ1v) is 11.4. The number of esters is 1. The monoisotopic (exact) mass is 354 g/mol. The lowest BCUT2D eigenvalue weighted by atomic mass is 10.0. The second-order valence-corrected chi connectivity index (χ2v) is 7.68. The van der Waals surface area contributed by atoms with Crippen molar-refractivity contribution in [2.24, 2.45) is 0 Å². The lowest BCUT2D eigenvalue weighted by Crippen LogP contribution is -2.18.